The number of fused-ring (bicyclic) bond motifs is 6. The zero-order valence-electron chi connectivity index (χ0n) is 31.7. The summed E-state index contributed by atoms with van der Waals surface area (Å²) in [6, 6.07) is 43.8. The molecule has 0 spiro atoms. The minimum atomic E-state index is 0.430. The molecule has 0 amide bonds. The van der Waals surface area contributed by atoms with Gasteiger partial charge in [0.05, 0.1) is 10.9 Å². The number of para-hydroxylation sites is 2. The van der Waals surface area contributed by atoms with Gasteiger partial charge in [0, 0.05) is 16.5 Å². The van der Waals surface area contributed by atoms with Gasteiger partial charge in [-0.3, -0.25) is 4.57 Å². The standard InChI is InChI=1S/C51H47NO/c1-7-18-36(28-30-39(33(3)4)40-23-13-12-20-34(40)5)49-41(19-8-2)35(6)48(42-24-14-15-25-43(42)49)37-29-31-47-45(32-37)50-44-26-16-17-27-46(44)52(51(50)53-47)38-21-10-9-11-22-38/h7-29,31-33,39H,30H2,1-6H3/b18-7-,19-8-,36-28+. The van der Waals surface area contributed by atoms with Gasteiger partial charge in [0.15, 0.2) is 0 Å². The number of aryl methyl sites for hydroxylation is 1. The van der Waals surface area contributed by atoms with Crippen LogP contribution >= 0.6 is 0 Å². The first-order chi connectivity index (χ1) is 25.9. The van der Waals surface area contributed by atoms with Crippen molar-refractivity contribution < 1.29 is 4.42 Å². The highest BCUT2D eigenvalue weighted by atomic mass is 16.3. The summed E-state index contributed by atoms with van der Waals surface area (Å²) in [5, 5.41) is 6.00. The second kappa shape index (κ2) is 14.3. The molecule has 0 bridgehead atoms. The van der Waals surface area contributed by atoms with Crippen molar-refractivity contribution in [1.29, 1.82) is 0 Å². The second-order valence-corrected chi connectivity index (χ2v) is 14.6. The van der Waals surface area contributed by atoms with E-state index in [0.29, 0.717) is 11.8 Å². The molecular weight excluding hydrogens is 643 g/mol. The molecule has 0 aliphatic heterocycles. The van der Waals surface area contributed by atoms with Crippen molar-refractivity contribution in [2.45, 2.75) is 53.9 Å². The minimum absolute atomic E-state index is 0.430. The zero-order chi connectivity index (χ0) is 36.6. The lowest BCUT2D eigenvalue weighted by Gasteiger charge is -2.24. The first-order valence-electron chi connectivity index (χ1n) is 19.0. The summed E-state index contributed by atoms with van der Waals surface area (Å²) >= 11 is 0. The Balaban J connectivity index is 1.35. The lowest BCUT2D eigenvalue weighted by atomic mass is 9.81. The van der Waals surface area contributed by atoms with Crippen LogP contribution in [-0.4, -0.2) is 4.57 Å². The van der Waals surface area contributed by atoms with Gasteiger partial charge in [-0.25, -0.2) is 0 Å². The molecule has 1 unspecified atom stereocenters. The van der Waals surface area contributed by atoms with Crippen LogP contribution < -0.4 is 0 Å². The highest BCUT2D eigenvalue weighted by molar-refractivity contribution is 6.21. The lowest BCUT2D eigenvalue weighted by molar-refractivity contribution is 0.501. The maximum atomic E-state index is 6.71. The van der Waals surface area contributed by atoms with Crippen LogP contribution in [0.2, 0.25) is 0 Å². The molecular formula is C51H47NO. The topological polar surface area (TPSA) is 18.1 Å². The van der Waals surface area contributed by atoms with E-state index in [1.54, 1.807) is 0 Å². The normalized spacial score (nSPS) is 13.2. The smallest absolute Gasteiger partial charge is 0.213 e. The highest BCUT2D eigenvalue weighted by Gasteiger charge is 2.23. The van der Waals surface area contributed by atoms with E-state index >= 15 is 0 Å². The summed E-state index contributed by atoms with van der Waals surface area (Å²) in [6.45, 7) is 13.5. The van der Waals surface area contributed by atoms with Gasteiger partial charge in [-0.15, -0.1) is 0 Å². The zero-order valence-corrected chi connectivity index (χ0v) is 31.7. The molecule has 0 fully saturated rings. The number of hydrogen-bond acceptors (Lipinski definition) is 1. The molecule has 0 saturated heterocycles. The average molecular weight is 690 g/mol. The fourth-order valence-electron chi connectivity index (χ4n) is 8.58. The fourth-order valence-corrected chi connectivity index (χ4v) is 8.58. The van der Waals surface area contributed by atoms with Gasteiger partial charge >= 0.3 is 0 Å². The Bertz CT molecular complexity index is 2710. The SMILES string of the molecule is C/C=C\C(=C/CC(c1ccccc1C)C(C)C)c1c(/C=C\C)c(C)c(-c2ccc3oc4c(c3c2)c2ccccc2n4-c2ccccc2)c2ccccc12. The molecule has 262 valence electrons. The quantitative estimate of drug-likeness (QED) is 0.138. The number of aromatic nitrogens is 1. The van der Waals surface area contributed by atoms with E-state index in [0.717, 1.165) is 39.7 Å². The van der Waals surface area contributed by atoms with Crippen LogP contribution in [0.5, 0.6) is 0 Å². The molecule has 8 rings (SSSR count). The van der Waals surface area contributed by atoms with Crippen molar-refractivity contribution in [3.05, 3.63) is 173 Å². The summed E-state index contributed by atoms with van der Waals surface area (Å²) in [5.41, 5.74) is 14.4. The Hall–Kier alpha value is -5.86. The van der Waals surface area contributed by atoms with Crippen LogP contribution in [0.3, 0.4) is 0 Å². The number of hydrogen-bond donors (Lipinski definition) is 0. The van der Waals surface area contributed by atoms with Gasteiger partial charge in [-0.1, -0.05) is 135 Å². The predicted molar refractivity (Wildman–Crippen MR) is 229 cm³/mol. The average Bonchev–Trinajstić information content (AvgIpc) is 3.70. The van der Waals surface area contributed by atoms with Crippen LogP contribution in [-0.2, 0) is 0 Å². The number of nitrogens with zero attached hydrogens (tertiary/aromatic N) is 1. The van der Waals surface area contributed by atoms with Gasteiger partial charge in [0.1, 0.15) is 5.58 Å². The molecule has 8 aromatic rings. The van der Waals surface area contributed by atoms with E-state index in [1.807, 2.05) is 0 Å². The number of benzene rings is 6. The number of rotatable bonds is 9. The fraction of sp³-hybridized carbons (Fsp3) is 0.176. The highest BCUT2D eigenvalue weighted by Crippen LogP contribution is 2.45. The molecule has 0 aliphatic rings. The number of furan rings is 1. The largest absolute Gasteiger partial charge is 0.439 e. The van der Waals surface area contributed by atoms with Gasteiger partial charge in [0.25, 0.3) is 0 Å². The molecule has 0 N–H and O–H groups in total. The summed E-state index contributed by atoms with van der Waals surface area (Å²) < 4.78 is 8.96. The third-order valence-corrected chi connectivity index (χ3v) is 11.1. The maximum absolute atomic E-state index is 6.71. The molecule has 1 atom stereocenters. The van der Waals surface area contributed by atoms with Crippen molar-refractivity contribution >= 4 is 55.4 Å². The van der Waals surface area contributed by atoms with Crippen molar-refractivity contribution in [2.75, 3.05) is 0 Å². The van der Waals surface area contributed by atoms with Crippen molar-refractivity contribution in [1.82, 2.24) is 4.57 Å². The molecule has 2 aromatic heterocycles. The van der Waals surface area contributed by atoms with E-state index in [9.17, 15) is 0 Å². The van der Waals surface area contributed by atoms with Gasteiger partial charge in [-0.2, -0.15) is 0 Å². The lowest BCUT2D eigenvalue weighted by Crippen LogP contribution is -2.08. The van der Waals surface area contributed by atoms with Crippen molar-refractivity contribution in [3.63, 3.8) is 0 Å². The monoisotopic (exact) mass is 689 g/mol. The van der Waals surface area contributed by atoms with E-state index in [-0.39, 0.29) is 0 Å². The van der Waals surface area contributed by atoms with E-state index in [4.69, 9.17) is 4.42 Å². The molecule has 53 heavy (non-hydrogen) atoms. The molecule has 0 aliphatic carbocycles. The van der Waals surface area contributed by atoms with Crippen LogP contribution in [0.4, 0.5) is 0 Å². The van der Waals surface area contributed by atoms with Crippen molar-refractivity contribution in [3.8, 4) is 16.8 Å². The Morgan fingerprint density at radius 1 is 0.717 bits per heavy atom. The Morgan fingerprint density at radius 2 is 1.42 bits per heavy atom. The Kier molecular flexibility index (Phi) is 9.22. The second-order valence-electron chi connectivity index (χ2n) is 14.6. The van der Waals surface area contributed by atoms with Crippen LogP contribution in [0.25, 0.3) is 72.2 Å². The molecule has 2 nitrogen and oxygen atoms in total. The first kappa shape index (κ1) is 34.2. The Labute approximate surface area is 313 Å². The first-order valence-corrected chi connectivity index (χ1v) is 19.0. The molecule has 0 saturated carbocycles. The van der Waals surface area contributed by atoms with E-state index < -0.39 is 0 Å². The molecule has 2 heteroatoms. The van der Waals surface area contributed by atoms with Crippen molar-refractivity contribution in [2.24, 2.45) is 5.92 Å². The maximum Gasteiger partial charge on any atom is 0.213 e. The predicted octanol–water partition coefficient (Wildman–Crippen LogP) is 14.8. The molecule has 0 radical (unpaired) electrons. The van der Waals surface area contributed by atoms with E-state index in [2.05, 4.69) is 198 Å². The van der Waals surface area contributed by atoms with Gasteiger partial charge in [-0.05, 0) is 132 Å². The number of allylic oxidation sites excluding steroid dienone is 5. The van der Waals surface area contributed by atoms with E-state index in [1.165, 1.54) is 60.7 Å². The summed E-state index contributed by atoms with van der Waals surface area (Å²) in [6.07, 6.45) is 12.4. The van der Waals surface area contributed by atoms with Crippen LogP contribution in [0.1, 0.15) is 67.9 Å². The summed E-state index contributed by atoms with van der Waals surface area (Å²) in [7, 11) is 0. The Morgan fingerprint density at radius 3 is 2.15 bits per heavy atom. The van der Waals surface area contributed by atoms with Crippen LogP contribution in [0, 0.1) is 19.8 Å². The molecule has 2 heterocycles. The van der Waals surface area contributed by atoms with Gasteiger partial charge in [0.2, 0.25) is 5.71 Å². The van der Waals surface area contributed by atoms with Crippen LogP contribution in [0.15, 0.2) is 150 Å². The molecule has 6 aromatic carbocycles. The third kappa shape index (κ3) is 5.93. The summed E-state index contributed by atoms with van der Waals surface area (Å²) in [5.74, 6) is 0.945. The van der Waals surface area contributed by atoms with Gasteiger partial charge < -0.3 is 4.42 Å². The third-order valence-electron chi connectivity index (χ3n) is 11.1. The summed E-state index contributed by atoms with van der Waals surface area (Å²) in [4.78, 5) is 0. The minimum Gasteiger partial charge on any atom is -0.439 e.